The number of carbonyl (C=O) groups is 5. The van der Waals surface area contributed by atoms with E-state index in [1.807, 2.05) is 0 Å². The lowest BCUT2D eigenvalue weighted by molar-refractivity contribution is -0.252. The minimum Gasteiger partial charge on any atom is -0.459 e. The van der Waals surface area contributed by atoms with Crippen LogP contribution in [0, 0.1) is 0 Å². The molecule has 0 radical (unpaired) electrons. The van der Waals surface area contributed by atoms with Gasteiger partial charge in [-0.2, -0.15) is 0 Å². The van der Waals surface area contributed by atoms with Crippen molar-refractivity contribution in [1.82, 2.24) is 5.32 Å². The Morgan fingerprint density at radius 1 is 0.553 bits per heavy atom. The molecule has 11 nitrogen and oxygen atoms in total. The predicted molar refractivity (Wildman–Crippen MR) is 166 cm³/mol. The van der Waals surface area contributed by atoms with Gasteiger partial charge >= 0.3 is 23.9 Å². The van der Waals surface area contributed by atoms with E-state index in [0.717, 1.165) is 0 Å². The van der Waals surface area contributed by atoms with Crippen LogP contribution < -0.4 is 5.32 Å². The smallest absolute Gasteiger partial charge is 0.340 e. The largest absolute Gasteiger partial charge is 0.459 e. The van der Waals surface area contributed by atoms with Gasteiger partial charge in [-0.3, -0.25) is 4.79 Å². The van der Waals surface area contributed by atoms with Crippen molar-refractivity contribution in [2.45, 2.75) is 37.6 Å². The van der Waals surface area contributed by atoms with Crippen molar-refractivity contribution in [3.63, 3.8) is 0 Å². The molecule has 0 aromatic heterocycles. The van der Waals surface area contributed by atoms with Crippen LogP contribution in [0.25, 0.3) is 0 Å². The van der Waals surface area contributed by atoms with Crippen LogP contribution in [0.5, 0.6) is 0 Å². The number of benzene rings is 4. The minimum absolute atomic E-state index is 0.165. The number of hydrogen-bond donors (Lipinski definition) is 1. The fraction of sp³-hybridized carbons (Fsp3) is 0.194. The Morgan fingerprint density at radius 2 is 0.936 bits per heavy atom. The average Bonchev–Trinajstić information content (AvgIpc) is 3.11. The van der Waals surface area contributed by atoms with Gasteiger partial charge in [0.25, 0.3) is 0 Å². The summed E-state index contributed by atoms with van der Waals surface area (Å²) in [5.74, 6) is -3.72. The van der Waals surface area contributed by atoms with Crippen molar-refractivity contribution in [2.24, 2.45) is 0 Å². The van der Waals surface area contributed by atoms with Gasteiger partial charge in [-0.05, 0) is 48.5 Å². The summed E-state index contributed by atoms with van der Waals surface area (Å²) in [5.41, 5.74) is 0.768. The van der Waals surface area contributed by atoms with Crippen LogP contribution in [0.3, 0.4) is 0 Å². The zero-order chi connectivity index (χ0) is 33.2. The average molecular weight is 638 g/mol. The normalized spacial score (nSPS) is 20.2. The fourth-order valence-electron chi connectivity index (χ4n) is 4.90. The van der Waals surface area contributed by atoms with E-state index in [0.29, 0.717) is 0 Å². The molecule has 1 aliphatic heterocycles. The van der Waals surface area contributed by atoms with E-state index in [1.54, 1.807) is 84.9 Å². The Labute approximate surface area is 270 Å². The van der Waals surface area contributed by atoms with E-state index >= 15 is 0 Å². The van der Waals surface area contributed by atoms with Crippen molar-refractivity contribution in [3.05, 3.63) is 144 Å². The van der Waals surface area contributed by atoms with Crippen LogP contribution in [0.15, 0.2) is 121 Å². The third-order valence-electron chi connectivity index (χ3n) is 7.14. The summed E-state index contributed by atoms with van der Waals surface area (Å²) in [5, 5.41) is 2.63. The summed E-state index contributed by atoms with van der Waals surface area (Å²) in [4.78, 5) is 65.5. The molecule has 1 aliphatic rings. The van der Waals surface area contributed by atoms with Gasteiger partial charge in [0.05, 0.1) is 22.3 Å². The number of amides is 1. The first-order valence-corrected chi connectivity index (χ1v) is 14.7. The van der Waals surface area contributed by atoms with Gasteiger partial charge in [0.1, 0.15) is 18.8 Å². The highest BCUT2D eigenvalue weighted by atomic mass is 16.7. The molecular formula is C36H31NO10. The lowest BCUT2D eigenvalue weighted by Crippen LogP contribution is -2.67. The summed E-state index contributed by atoms with van der Waals surface area (Å²) in [7, 11) is 0. The van der Waals surface area contributed by atoms with Gasteiger partial charge < -0.3 is 29.0 Å². The Bertz CT molecular complexity index is 1680. The Morgan fingerprint density at radius 3 is 1.36 bits per heavy atom. The van der Waals surface area contributed by atoms with Gasteiger partial charge in [-0.15, -0.1) is 0 Å². The first kappa shape index (κ1) is 32.6. The van der Waals surface area contributed by atoms with Crippen LogP contribution in [0.1, 0.15) is 48.4 Å². The molecule has 0 aliphatic carbocycles. The molecule has 0 unspecified atom stereocenters. The molecule has 5 atom stereocenters. The molecule has 11 heteroatoms. The second-order valence-electron chi connectivity index (χ2n) is 10.5. The highest BCUT2D eigenvalue weighted by Crippen LogP contribution is 2.30. The molecule has 0 saturated carbocycles. The van der Waals surface area contributed by atoms with Crippen molar-refractivity contribution in [3.8, 4) is 0 Å². The maximum absolute atomic E-state index is 13.4. The molecule has 1 heterocycles. The van der Waals surface area contributed by atoms with Gasteiger partial charge in [0.15, 0.2) is 12.2 Å². The number of ether oxygens (including phenoxy) is 5. The SMILES string of the molecule is CC(=O)N[C@H]1[C@H](OC(=O)c2ccccc2)O[C@H](COC(=O)c2ccccc2)[C@@H](OC(=O)c2ccccc2)[C@@H]1OC(=O)c1ccccc1. The number of esters is 4. The van der Waals surface area contributed by atoms with Crippen molar-refractivity contribution in [2.75, 3.05) is 6.61 Å². The van der Waals surface area contributed by atoms with Gasteiger partial charge in [-0.1, -0.05) is 72.8 Å². The number of hydrogen-bond acceptors (Lipinski definition) is 10. The molecule has 4 aromatic carbocycles. The summed E-state index contributed by atoms with van der Waals surface area (Å²) in [6, 6.07) is 30.9. The number of nitrogens with one attached hydrogen (secondary N) is 1. The predicted octanol–water partition coefficient (Wildman–Crippen LogP) is 4.38. The van der Waals surface area contributed by atoms with Crippen LogP contribution in [-0.2, 0) is 28.5 Å². The van der Waals surface area contributed by atoms with Crippen molar-refractivity contribution in [1.29, 1.82) is 0 Å². The fourth-order valence-corrected chi connectivity index (χ4v) is 4.90. The maximum atomic E-state index is 13.4. The molecule has 1 N–H and O–H groups in total. The van der Waals surface area contributed by atoms with Crippen molar-refractivity contribution >= 4 is 29.8 Å². The van der Waals surface area contributed by atoms with Crippen LogP contribution >= 0.6 is 0 Å². The van der Waals surface area contributed by atoms with E-state index < -0.39 is 67.0 Å². The summed E-state index contributed by atoms with van der Waals surface area (Å²) < 4.78 is 29.3. The Kier molecular flexibility index (Phi) is 10.7. The van der Waals surface area contributed by atoms with Gasteiger partial charge in [-0.25, -0.2) is 19.2 Å². The Hall–Kier alpha value is -5.81. The second-order valence-corrected chi connectivity index (χ2v) is 10.5. The summed E-state index contributed by atoms with van der Waals surface area (Å²) in [6.07, 6.45) is -5.85. The van der Waals surface area contributed by atoms with Gasteiger partial charge in [0, 0.05) is 6.92 Å². The topological polar surface area (TPSA) is 144 Å². The third kappa shape index (κ3) is 8.47. The number of carbonyl (C=O) groups excluding carboxylic acids is 5. The highest BCUT2D eigenvalue weighted by molar-refractivity contribution is 5.91. The molecule has 1 fully saturated rings. The van der Waals surface area contributed by atoms with Crippen molar-refractivity contribution < 1.29 is 47.7 Å². The molecule has 1 saturated heterocycles. The molecule has 1 amide bonds. The maximum Gasteiger partial charge on any atom is 0.340 e. The summed E-state index contributed by atoms with van der Waals surface area (Å²) >= 11 is 0. The lowest BCUT2D eigenvalue weighted by Gasteiger charge is -2.44. The number of rotatable bonds is 10. The van der Waals surface area contributed by atoms with Crippen LogP contribution in [0.2, 0.25) is 0 Å². The Balaban J connectivity index is 1.53. The zero-order valence-electron chi connectivity index (χ0n) is 25.2. The van der Waals surface area contributed by atoms with Gasteiger partial charge in [0.2, 0.25) is 12.2 Å². The zero-order valence-corrected chi connectivity index (χ0v) is 25.2. The molecule has 4 aromatic rings. The minimum atomic E-state index is -1.58. The van der Waals surface area contributed by atoms with E-state index in [1.165, 1.54) is 43.3 Å². The van der Waals surface area contributed by atoms with E-state index in [4.69, 9.17) is 23.7 Å². The highest BCUT2D eigenvalue weighted by Gasteiger charge is 2.53. The van der Waals surface area contributed by atoms with E-state index in [2.05, 4.69) is 5.32 Å². The second kappa shape index (κ2) is 15.5. The standard InChI is InChI=1S/C36H31NO10/c1-23(38)37-29-31(46-34(41)26-18-10-4-11-19-26)30(45-33(40)25-16-8-3-9-17-25)28(22-43-32(39)24-14-6-2-7-15-24)44-36(29)47-35(42)27-20-12-5-13-21-27/h2-21,28-31,36H,22H2,1H3,(H,37,38)/t28-,29-,30-,31-,36+/m1/s1. The quantitative estimate of drug-likeness (QED) is 0.197. The lowest BCUT2D eigenvalue weighted by atomic mass is 9.95. The molecule has 47 heavy (non-hydrogen) atoms. The van der Waals surface area contributed by atoms with Crippen LogP contribution in [0.4, 0.5) is 0 Å². The first-order chi connectivity index (χ1) is 22.8. The van der Waals surface area contributed by atoms with Crippen LogP contribution in [-0.4, -0.2) is 67.0 Å². The molecule has 240 valence electrons. The summed E-state index contributed by atoms with van der Waals surface area (Å²) in [6.45, 7) is 0.705. The van der Waals surface area contributed by atoms with E-state index in [9.17, 15) is 24.0 Å². The third-order valence-corrected chi connectivity index (χ3v) is 7.14. The monoisotopic (exact) mass is 637 g/mol. The molecular weight excluding hydrogens is 606 g/mol. The molecule has 5 rings (SSSR count). The first-order valence-electron chi connectivity index (χ1n) is 14.7. The molecule has 0 spiro atoms. The van der Waals surface area contributed by atoms with E-state index in [-0.39, 0.29) is 22.3 Å². The molecule has 0 bridgehead atoms.